The molecule has 0 aliphatic rings. The van der Waals surface area contributed by atoms with Crippen molar-refractivity contribution in [2.24, 2.45) is 5.92 Å². The van der Waals surface area contributed by atoms with Crippen molar-refractivity contribution < 1.29 is 24.1 Å². The minimum Gasteiger partial charge on any atom is -0.490 e. The fourth-order valence-electron chi connectivity index (χ4n) is 1.19. The number of benzene rings is 1. The molecular weight excluding hydrogens is 215 g/mol. The molecule has 0 bridgehead atoms. The maximum absolute atomic E-state index is 13.1. The largest absolute Gasteiger partial charge is 0.490 e. The fourth-order valence-corrected chi connectivity index (χ4v) is 1.19. The number of carbonyl (C=O) groups is 1. The topological polar surface area (TPSA) is 66.8 Å². The van der Waals surface area contributed by atoms with Crippen molar-refractivity contribution in [3.63, 3.8) is 0 Å². The average Bonchev–Trinajstić information content (AvgIpc) is 2.26. The van der Waals surface area contributed by atoms with E-state index in [0.717, 1.165) is 0 Å². The minimum absolute atomic E-state index is 0.0201. The summed E-state index contributed by atoms with van der Waals surface area (Å²) in [5.41, 5.74) is 0. The van der Waals surface area contributed by atoms with E-state index in [9.17, 15) is 9.18 Å². The standard InChI is InChI=1S/C11H13FO4/c12-9-3-1-2-4-10(9)16-7-8(5-6-13)11(14)15/h1-4,8,13H,5-7H2,(H,14,15). The summed E-state index contributed by atoms with van der Waals surface area (Å²) in [4.78, 5) is 10.7. The van der Waals surface area contributed by atoms with Gasteiger partial charge in [-0.25, -0.2) is 4.39 Å². The number of aliphatic carboxylic acids is 1. The summed E-state index contributed by atoms with van der Waals surface area (Å²) >= 11 is 0. The number of carboxylic acid groups (broad SMARTS) is 1. The molecule has 88 valence electrons. The number of hydrogen-bond acceptors (Lipinski definition) is 3. The molecular formula is C11H13FO4. The smallest absolute Gasteiger partial charge is 0.310 e. The van der Waals surface area contributed by atoms with E-state index in [1.54, 1.807) is 6.07 Å². The van der Waals surface area contributed by atoms with E-state index in [2.05, 4.69) is 0 Å². The number of para-hydroxylation sites is 1. The van der Waals surface area contributed by atoms with Crippen LogP contribution in [0.15, 0.2) is 24.3 Å². The highest BCUT2D eigenvalue weighted by Crippen LogP contribution is 2.17. The highest BCUT2D eigenvalue weighted by Gasteiger charge is 2.18. The van der Waals surface area contributed by atoms with Gasteiger partial charge in [0.2, 0.25) is 0 Å². The maximum Gasteiger partial charge on any atom is 0.310 e. The molecule has 0 aromatic heterocycles. The van der Waals surface area contributed by atoms with Gasteiger partial charge >= 0.3 is 5.97 Å². The van der Waals surface area contributed by atoms with Gasteiger partial charge in [0.05, 0.1) is 5.92 Å². The SMILES string of the molecule is O=C(O)C(CCO)COc1ccccc1F. The first kappa shape index (κ1) is 12.4. The number of aliphatic hydroxyl groups excluding tert-OH is 1. The number of hydrogen-bond donors (Lipinski definition) is 2. The van der Waals surface area contributed by atoms with Gasteiger partial charge in [0, 0.05) is 6.61 Å². The predicted octanol–water partition coefficient (Wildman–Crippen LogP) is 1.29. The van der Waals surface area contributed by atoms with Gasteiger partial charge in [-0.2, -0.15) is 0 Å². The molecule has 0 aliphatic heterocycles. The lowest BCUT2D eigenvalue weighted by atomic mass is 10.1. The monoisotopic (exact) mass is 228 g/mol. The van der Waals surface area contributed by atoms with Crippen molar-refractivity contribution in [1.29, 1.82) is 0 Å². The van der Waals surface area contributed by atoms with Crippen molar-refractivity contribution in [2.45, 2.75) is 6.42 Å². The second-order valence-corrected chi connectivity index (χ2v) is 3.29. The molecule has 0 heterocycles. The molecule has 2 N–H and O–H groups in total. The molecule has 0 fully saturated rings. The highest BCUT2D eigenvalue weighted by atomic mass is 19.1. The van der Waals surface area contributed by atoms with Gasteiger partial charge < -0.3 is 14.9 Å². The molecule has 1 rings (SSSR count). The Hall–Kier alpha value is -1.62. The Labute approximate surface area is 92.3 Å². The summed E-state index contributed by atoms with van der Waals surface area (Å²) in [5, 5.41) is 17.4. The van der Waals surface area contributed by atoms with Gasteiger partial charge in [0.1, 0.15) is 6.61 Å². The van der Waals surface area contributed by atoms with Crippen LogP contribution in [0.25, 0.3) is 0 Å². The van der Waals surface area contributed by atoms with Crippen molar-refractivity contribution in [2.75, 3.05) is 13.2 Å². The van der Waals surface area contributed by atoms with Crippen LogP contribution >= 0.6 is 0 Å². The zero-order valence-corrected chi connectivity index (χ0v) is 8.60. The van der Waals surface area contributed by atoms with E-state index >= 15 is 0 Å². The van der Waals surface area contributed by atoms with Crippen LogP contribution in [0.3, 0.4) is 0 Å². The zero-order chi connectivity index (χ0) is 12.0. The molecule has 5 heteroatoms. The van der Waals surface area contributed by atoms with Crippen LogP contribution in [0.5, 0.6) is 5.75 Å². The molecule has 0 saturated heterocycles. The van der Waals surface area contributed by atoms with Crippen molar-refractivity contribution in [3.8, 4) is 5.75 Å². The van der Waals surface area contributed by atoms with Gasteiger partial charge in [-0.05, 0) is 18.6 Å². The summed E-state index contributed by atoms with van der Waals surface area (Å²) in [7, 11) is 0. The minimum atomic E-state index is -1.06. The van der Waals surface area contributed by atoms with Gasteiger partial charge in [-0.1, -0.05) is 12.1 Å². The molecule has 0 aliphatic carbocycles. The molecule has 1 aromatic rings. The van der Waals surface area contributed by atoms with E-state index in [4.69, 9.17) is 14.9 Å². The molecule has 0 radical (unpaired) electrons. The second kappa shape index (κ2) is 6.07. The second-order valence-electron chi connectivity index (χ2n) is 3.29. The summed E-state index contributed by atoms with van der Waals surface area (Å²) in [5.74, 6) is -2.41. The Morgan fingerprint density at radius 3 is 2.69 bits per heavy atom. The van der Waals surface area contributed by atoms with E-state index in [-0.39, 0.29) is 25.4 Å². The lowest BCUT2D eigenvalue weighted by Crippen LogP contribution is -2.22. The van der Waals surface area contributed by atoms with Crippen molar-refractivity contribution in [1.82, 2.24) is 0 Å². The Balaban J connectivity index is 2.55. The van der Waals surface area contributed by atoms with Crippen LogP contribution in [-0.4, -0.2) is 29.4 Å². The molecule has 0 amide bonds. The van der Waals surface area contributed by atoms with Gasteiger partial charge in [0.15, 0.2) is 11.6 Å². The molecule has 4 nitrogen and oxygen atoms in total. The Kier molecular flexibility index (Phi) is 4.72. The van der Waals surface area contributed by atoms with Crippen LogP contribution in [-0.2, 0) is 4.79 Å². The lowest BCUT2D eigenvalue weighted by molar-refractivity contribution is -0.143. The first-order valence-electron chi connectivity index (χ1n) is 4.86. The first-order valence-corrected chi connectivity index (χ1v) is 4.86. The van der Waals surface area contributed by atoms with Gasteiger partial charge in [-0.3, -0.25) is 4.79 Å². The van der Waals surface area contributed by atoms with Gasteiger partial charge in [0.25, 0.3) is 0 Å². The molecule has 16 heavy (non-hydrogen) atoms. The molecule has 1 aromatic carbocycles. The number of aliphatic hydroxyl groups is 1. The average molecular weight is 228 g/mol. The predicted molar refractivity (Wildman–Crippen MR) is 54.7 cm³/mol. The van der Waals surface area contributed by atoms with Crippen LogP contribution in [0.4, 0.5) is 4.39 Å². The molecule has 0 saturated carbocycles. The Bertz CT molecular complexity index is 354. The van der Waals surface area contributed by atoms with E-state index in [1.807, 2.05) is 0 Å². The third-order valence-corrected chi connectivity index (χ3v) is 2.10. The normalized spacial score (nSPS) is 12.1. The summed E-state index contributed by atoms with van der Waals surface area (Å²) in [6.07, 6.45) is 0.0871. The van der Waals surface area contributed by atoms with Crippen LogP contribution in [0.2, 0.25) is 0 Å². The van der Waals surface area contributed by atoms with Crippen molar-refractivity contribution >= 4 is 5.97 Å². The summed E-state index contributed by atoms with van der Waals surface area (Å²) < 4.78 is 18.2. The number of carboxylic acids is 1. The zero-order valence-electron chi connectivity index (χ0n) is 8.60. The van der Waals surface area contributed by atoms with Crippen molar-refractivity contribution in [3.05, 3.63) is 30.1 Å². The Morgan fingerprint density at radius 2 is 2.12 bits per heavy atom. The number of rotatable bonds is 6. The number of halogens is 1. The van der Waals surface area contributed by atoms with Gasteiger partial charge in [-0.15, -0.1) is 0 Å². The quantitative estimate of drug-likeness (QED) is 0.769. The maximum atomic E-state index is 13.1. The highest BCUT2D eigenvalue weighted by molar-refractivity contribution is 5.70. The lowest BCUT2D eigenvalue weighted by Gasteiger charge is -2.12. The fraction of sp³-hybridized carbons (Fsp3) is 0.364. The Morgan fingerprint density at radius 1 is 1.44 bits per heavy atom. The third kappa shape index (κ3) is 3.51. The molecule has 0 spiro atoms. The summed E-state index contributed by atoms with van der Waals surface area (Å²) in [6.45, 7) is -0.394. The number of ether oxygens (including phenoxy) is 1. The van der Waals surface area contributed by atoms with E-state index in [1.165, 1.54) is 18.2 Å². The van der Waals surface area contributed by atoms with E-state index in [0.29, 0.717) is 0 Å². The third-order valence-electron chi connectivity index (χ3n) is 2.10. The van der Waals surface area contributed by atoms with Crippen LogP contribution in [0.1, 0.15) is 6.42 Å². The van der Waals surface area contributed by atoms with Crippen LogP contribution < -0.4 is 4.74 Å². The molecule has 1 unspecified atom stereocenters. The first-order chi connectivity index (χ1) is 7.65. The summed E-state index contributed by atoms with van der Waals surface area (Å²) in [6, 6.07) is 5.77. The van der Waals surface area contributed by atoms with Crippen LogP contribution in [0, 0.1) is 11.7 Å². The van der Waals surface area contributed by atoms with E-state index < -0.39 is 17.7 Å². The molecule has 1 atom stereocenters.